The fraction of sp³-hybridized carbons (Fsp3) is 0.500. The van der Waals surface area contributed by atoms with Crippen LogP contribution in [0.4, 0.5) is 0 Å². The predicted octanol–water partition coefficient (Wildman–Crippen LogP) is 0.371. The second kappa shape index (κ2) is 18.2. The molecule has 6 amide bonds. The third-order valence-electron chi connectivity index (χ3n) is 8.65. The van der Waals surface area contributed by atoms with Crippen LogP contribution in [0.2, 0.25) is 0 Å². The van der Waals surface area contributed by atoms with E-state index < -0.39 is 53.2 Å². The van der Waals surface area contributed by atoms with Crippen LogP contribution in [0.25, 0.3) is 10.8 Å². The quantitative estimate of drug-likeness (QED) is 0.198. The van der Waals surface area contributed by atoms with Gasteiger partial charge < -0.3 is 37.1 Å². The number of hydrogen-bond donors (Lipinski definition) is 6. The van der Waals surface area contributed by atoms with Gasteiger partial charge in [-0.15, -0.1) is 5.10 Å². The van der Waals surface area contributed by atoms with Gasteiger partial charge in [0.15, 0.2) is 0 Å². The number of nitrogens with one attached hydrogen (secondary N) is 5. The fourth-order valence-electron chi connectivity index (χ4n) is 5.81. The minimum Gasteiger partial charge on any atom is -0.372 e. The average Bonchev–Trinajstić information content (AvgIpc) is 3.54. The lowest BCUT2D eigenvalue weighted by atomic mass is 9.96. The maximum absolute atomic E-state index is 14.2. The Balaban J connectivity index is 1.67. The Labute approximate surface area is 302 Å². The smallest absolute Gasteiger partial charge is 0.245 e. The number of amides is 6. The van der Waals surface area contributed by atoms with Gasteiger partial charge in [-0.2, -0.15) is 0 Å². The van der Waals surface area contributed by atoms with Crippen molar-refractivity contribution in [3.8, 4) is 0 Å². The Morgan fingerprint density at radius 1 is 1.04 bits per heavy atom. The molecule has 0 aliphatic carbocycles. The molecule has 0 radical (unpaired) electrons. The topological polar surface area (TPSA) is 229 Å². The van der Waals surface area contributed by atoms with E-state index >= 15 is 0 Å². The summed E-state index contributed by atoms with van der Waals surface area (Å²) in [4.78, 5) is 79.1. The van der Waals surface area contributed by atoms with Gasteiger partial charge in [0.05, 0.1) is 31.6 Å². The van der Waals surface area contributed by atoms with Crippen molar-refractivity contribution in [2.24, 2.45) is 11.7 Å². The second-order valence-electron chi connectivity index (χ2n) is 13.9. The van der Waals surface area contributed by atoms with Crippen LogP contribution in [-0.2, 0) is 53.1 Å². The molecule has 7 N–H and O–H groups in total. The first-order valence-corrected chi connectivity index (χ1v) is 17.4. The second-order valence-corrected chi connectivity index (χ2v) is 13.9. The molecule has 0 unspecified atom stereocenters. The molecule has 0 saturated carbocycles. The number of primary amides is 1. The summed E-state index contributed by atoms with van der Waals surface area (Å²) in [5.41, 5.74) is 5.45. The number of carbonyl (C=O) groups is 6. The Bertz CT molecular complexity index is 1750. The molecule has 0 fully saturated rings. The normalized spacial score (nSPS) is 20.3. The standard InChI is InChI=1S/C36H49N9O7/c1-22(2)16-27(32(37)48)40-34(50)29-21-52-20-25-18-39-44-45(25)15-8-7-14-30(46)38-19-31(47)43-36(3,4)35(51)42-28(33(49)41-29)17-24-12-9-11-23-10-5-6-13-26(23)24/h5-6,9-13,18,22,27-29H,7-8,14-17,19-21H2,1-4H3,(H2,37,48)(H,38,46)(H,40,50)(H,41,49)(H,42,51)(H,43,47)/t27-,28-,29-/m0/s1. The summed E-state index contributed by atoms with van der Waals surface area (Å²) < 4.78 is 7.54. The number of ether oxygens (including phenoxy) is 1. The number of benzene rings is 2. The van der Waals surface area contributed by atoms with Crippen LogP contribution in [0.5, 0.6) is 0 Å². The molecule has 1 aliphatic heterocycles. The van der Waals surface area contributed by atoms with Gasteiger partial charge in [0.1, 0.15) is 23.7 Å². The number of rotatable bonds is 7. The van der Waals surface area contributed by atoms with Gasteiger partial charge >= 0.3 is 0 Å². The highest BCUT2D eigenvalue weighted by atomic mass is 16.5. The number of nitrogens with two attached hydrogens (primary N) is 1. The van der Waals surface area contributed by atoms with E-state index in [1.165, 1.54) is 20.0 Å². The van der Waals surface area contributed by atoms with Crippen molar-refractivity contribution in [2.75, 3.05) is 13.2 Å². The highest BCUT2D eigenvalue weighted by molar-refractivity contribution is 5.97. The Morgan fingerprint density at radius 2 is 1.79 bits per heavy atom. The van der Waals surface area contributed by atoms with E-state index in [2.05, 4.69) is 36.9 Å². The molecule has 4 rings (SSSR count). The Hall–Kier alpha value is -5.38. The van der Waals surface area contributed by atoms with Crippen molar-refractivity contribution in [2.45, 2.75) is 96.6 Å². The fourth-order valence-corrected chi connectivity index (χ4v) is 5.81. The third-order valence-corrected chi connectivity index (χ3v) is 8.65. The van der Waals surface area contributed by atoms with Crippen molar-refractivity contribution >= 4 is 46.2 Å². The van der Waals surface area contributed by atoms with Gasteiger partial charge in [0.2, 0.25) is 35.4 Å². The monoisotopic (exact) mass is 719 g/mol. The number of aromatic nitrogens is 3. The number of fused-ring (bicyclic) bond motifs is 2. The van der Waals surface area contributed by atoms with Gasteiger partial charge in [-0.05, 0) is 55.4 Å². The lowest BCUT2D eigenvalue weighted by molar-refractivity contribution is -0.136. The largest absolute Gasteiger partial charge is 0.372 e. The minimum atomic E-state index is -1.50. The molecule has 2 heterocycles. The Kier molecular flexibility index (Phi) is 13.8. The summed E-state index contributed by atoms with van der Waals surface area (Å²) in [6.07, 6.45) is 3.06. The molecule has 52 heavy (non-hydrogen) atoms. The Morgan fingerprint density at radius 3 is 2.54 bits per heavy atom. The first-order chi connectivity index (χ1) is 24.7. The van der Waals surface area contributed by atoms with Crippen LogP contribution in [0.15, 0.2) is 48.7 Å². The first-order valence-electron chi connectivity index (χ1n) is 17.4. The molecule has 3 aromatic rings. The SMILES string of the molecule is CC(C)C[C@H](NC(=O)[C@@H]1COCc2cnnn2CCCCC(=O)NCC(=O)NC(C)(C)C(=O)N[C@@H](Cc2cccc3ccccc23)C(=O)N1)C(N)=O. The van der Waals surface area contributed by atoms with Crippen LogP contribution in [0, 0.1) is 5.92 Å². The van der Waals surface area contributed by atoms with Crippen molar-refractivity contribution in [1.29, 1.82) is 0 Å². The molecule has 0 bridgehead atoms. The van der Waals surface area contributed by atoms with Crippen LogP contribution >= 0.6 is 0 Å². The molecular weight excluding hydrogens is 670 g/mol. The van der Waals surface area contributed by atoms with Crippen LogP contribution < -0.4 is 32.3 Å². The predicted molar refractivity (Wildman–Crippen MR) is 191 cm³/mol. The number of aryl methyl sites for hydroxylation is 1. The van der Waals surface area contributed by atoms with Gasteiger partial charge in [-0.3, -0.25) is 28.8 Å². The van der Waals surface area contributed by atoms with Gasteiger partial charge in [-0.25, -0.2) is 4.68 Å². The summed E-state index contributed by atoms with van der Waals surface area (Å²) in [5, 5.41) is 23.2. The number of carbonyl (C=O) groups excluding carboxylic acids is 6. The lowest BCUT2D eigenvalue weighted by Gasteiger charge is -2.29. The molecule has 16 heteroatoms. The highest BCUT2D eigenvalue weighted by Crippen LogP contribution is 2.20. The van der Waals surface area contributed by atoms with E-state index in [0.717, 1.165) is 16.3 Å². The van der Waals surface area contributed by atoms with E-state index in [1.54, 1.807) is 4.68 Å². The minimum absolute atomic E-state index is 0.0173. The van der Waals surface area contributed by atoms with Crippen LogP contribution in [-0.4, -0.2) is 87.3 Å². The van der Waals surface area contributed by atoms with Crippen LogP contribution in [0.3, 0.4) is 0 Å². The lowest BCUT2D eigenvalue weighted by Crippen LogP contribution is -2.62. The summed E-state index contributed by atoms with van der Waals surface area (Å²) >= 11 is 0. The summed E-state index contributed by atoms with van der Waals surface area (Å²) in [6.45, 7) is 6.47. The average molecular weight is 720 g/mol. The molecular formula is C36H49N9O7. The molecule has 16 nitrogen and oxygen atoms in total. The number of nitrogens with zero attached hydrogens (tertiary/aromatic N) is 3. The maximum Gasteiger partial charge on any atom is 0.245 e. The maximum atomic E-state index is 14.2. The molecule has 0 saturated heterocycles. The zero-order valence-electron chi connectivity index (χ0n) is 30.1. The first kappa shape index (κ1) is 39.4. The zero-order chi connectivity index (χ0) is 37.8. The molecule has 0 spiro atoms. The van der Waals surface area contributed by atoms with Crippen LogP contribution in [0.1, 0.15) is 64.6 Å². The summed E-state index contributed by atoms with van der Waals surface area (Å²) in [6, 6.07) is 9.65. The van der Waals surface area contributed by atoms with E-state index in [4.69, 9.17) is 10.5 Å². The molecule has 1 aromatic heterocycles. The van der Waals surface area contributed by atoms with E-state index in [1.807, 2.05) is 56.3 Å². The third kappa shape index (κ3) is 11.3. The molecule has 1 aliphatic rings. The van der Waals surface area contributed by atoms with E-state index in [9.17, 15) is 28.8 Å². The van der Waals surface area contributed by atoms with Crippen molar-refractivity contribution in [3.05, 3.63) is 59.9 Å². The molecule has 280 valence electrons. The zero-order valence-corrected chi connectivity index (χ0v) is 30.1. The van der Waals surface area contributed by atoms with E-state index in [-0.39, 0.29) is 50.8 Å². The molecule has 3 atom stereocenters. The van der Waals surface area contributed by atoms with Crippen molar-refractivity contribution < 1.29 is 33.5 Å². The summed E-state index contributed by atoms with van der Waals surface area (Å²) in [7, 11) is 0. The summed E-state index contributed by atoms with van der Waals surface area (Å²) in [5.74, 6) is -3.72. The molecule has 2 aromatic carbocycles. The van der Waals surface area contributed by atoms with E-state index in [0.29, 0.717) is 25.1 Å². The van der Waals surface area contributed by atoms with Gasteiger partial charge in [-0.1, -0.05) is 61.5 Å². The van der Waals surface area contributed by atoms with Crippen molar-refractivity contribution in [3.63, 3.8) is 0 Å². The van der Waals surface area contributed by atoms with Gasteiger partial charge in [0, 0.05) is 19.4 Å². The van der Waals surface area contributed by atoms with Gasteiger partial charge in [0.25, 0.3) is 0 Å². The highest BCUT2D eigenvalue weighted by Gasteiger charge is 2.35. The number of hydrogen-bond acceptors (Lipinski definition) is 9. The van der Waals surface area contributed by atoms with Crippen molar-refractivity contribution in [1.82, 2.24) is 41.6 Å².